The van der Waals surface area contributed by atoms with Gasteiger partial charge in [0.15, 0.2) is 5.82 Å². The van der Waals surface area contributed by atoms with Crippen LogP contribution in [0.15, 0.2) is 29.3 Å². The molecule has 0 spiro atoms. The number of aryl methyl sites for hydroxylation is 3. The standard InChI is InChI=1S/C17H20N6O2/c1-10-4-5-15(24)23(21-10)14-8-25-7-13(14)20-17-16-12(18-9-19-17)6-11(2)22(16)3/h4-6,9,13-14H,7-8H2,1-3H3,(H,18,19,20). The lowest BCUT2D eigenvalue weighted by atomic mass is 10.1. The molecule has 4 rings (SSSR count). The van der Waals surface area contributed by atoms with Gasteiger partial charge in [0, 0.05) is 18.8 Å². The maximum Gasteiger partial charge on any atom is 0.267 e. The molecule has 1 N–H and O–H groups in total. The minimum Gasteiger partial charge on any atom is -0.377 e. The fourth-order valence-corrected chi connectivity index (χ4v) is 3.26. The zero-order valence-electron chi connectivity index (χ0n) is 14.4. The van der Waals surface area contributed by atoms with Gasteiger partial charge in [0.2, 0.25) is 0 Å². The molecule has 8 nitrogen and oxygen atoms in total. The van der Waals surface area contributed by atoms with E-state index in [9.17, 15) is 4.79 Å². The van der Waals surface area contributed by atoms with E-state index in [2.05, 4.69) is 25.0 Å². The van der Waals surface area contributed by atoms with Crippen molar-refractivity contribution in [1.82, 2.24) is 24.3 Å². The van der Waals surface area contributed by atoms with Crippen molar-refractivity contribution in [3.05, 3.63) is 46.3 Å². The summed E-state index contributed by atoms with van der Waals surface area (Å²) in [5.74, 6) is 0.738. The van der Waals surface area contributed by atoms with E-state index in [1.165, 1.54) is 4.68 Å². The fourth-order valence-electron chi connectivity index (χ4n) is 3.26. The van der Waals surface area contributed by atoms with E-state index in [1.54, 1.807) is 18.5 Å². The predicted octanol–water partition coefficient (Wildman–Crippen LogP) is 1.19. The van der Waals surface area contributed by atoms with Crippen LogP contribution in [0.3, 0.4) is 0 Å². The molecule has 1 saturated heterocycles. The molecule has 2 unspecified atom stereocenters. The van der Waals surface area contributed by atoms with Crippen LogP contribution in [0.25, 0.3) is 11.0 Å². The smallest absolute Gasteiger partial charge is 0.267 e. The summed E-state index contributed by atoms with van der Waals surface area (Å²) < 4.78 is 9.19. The Hall–Kier alpha value is -2.74. The Balaban J connectivity index is 1.71. The van der Waals surface area contributed by atoms with Crippen LogP contribution < -0.4 is 10.9 Å². The molecule has 3 aromatic heterocycles. The third-order valence-corrected chi connectivity index (χ3v) is 4.71. The number of hydrogen-bond donors (Lipinski definition) is 1. The zero-order valence-corrected chi connectivity index (χ0v) is 14.4. The first-order valence-corrected chi connectivity index (χ1v) is 8.22. The first-order chi connectivity index (χ1) is 12.0. The molecule has 3 aromatic rings. The van der Waals surface area contributed by atoms with Gasteiger partial charge in [0.1, 0.15) is 17.9 Å². The van der Waals surface area contributed by atoms with Gasteiger partial charge in [-0.3, -0.25) is 4.79 Å². The Morgan fingerprint density at radius 3 is 2.92 bits per heavy atom. The fraction of sp³-hybridized carbons (Fsp3) is 0.412. The van der Waals surface area contributed by atoms with E-state index in [0.717, 1.165) is 28.2 Å². The average molecular weight is 340 g/mol. The largest absolute Gasteiger partial charge is 0.377 e. The van der Waals surface area contributed by atoms with Gasteiger partial charge in [-0.15, -0.1) is 0 Å². The van der Waals surface area contributed by atoms with Crippen molar-refractivity contribution in [3.63, 3.8) is 0 Å². The Bertz CT molecular complexity index is 992. The molecular weight excluding hydrogens is 320 g/mol. The van der Waals surface area contributed by atoms with Crippen LogP contribution in [0.2, 0.25) is 0 Å². The summed E-state index contributed by atoms with van der Waals surface area (Å²) in [6.45, 7) is 4.83. The lowest BCUT2D eigenvalue weighted by Gasteiger charge is -2.21. The van der Waals surface area contributed by atoms with Gasteiger partial charge in [-0.2, -0.15) is 5.10 Å². The van der Waals surface area contributed by atoms with Crippen molar-refractivity contribution in [2.24, 2.45) is 7.05 Å². The molecule has 1 fully saturated rings. The van der Waals surface area contributed by atoms with Gasteiger partial charge in [-0.05, 0) is 26.0 Å². The van der Waals surface area contributed by atoms with Gasteiger partial charge in [0.05, 0.1) is 30.5 Å². The highest BCUT2D eigenvalue weighted by Crippen LogP contribution is 2.26. The van der Waals surface area contributed by atoms with E-state index in [1.807, 2.05) is 27.0 Å². The van der Waals surface area contributed by atoms with Crippen molar-refractivity contribution in [2.45, 2.75) is 25.9 Å². The van der Waals surface area contributed by atoms with Crippen molar-refractivity contribution in [2.75, 3.05) is 18.5 Å². The number of aromatic nitrogens is 5. The molecule has 130 valence electrons. The lowest BCUT2D eigenvalue weighted by molar-refractivity contribution is 0.182. The highest BCUT2D eigenvalue weighted by atomic mass is 16.5. The predicted molar refractivity (Wildman–Crippen MR) is 93.7 cm³/mol. The molecule has 0 aromatic carbocycles. The molecule has 1 aliphatic heterocycles. The zero-order chi connectivity index (χ0) is 17.6. The van der Waals surface area contributed by atoms with E-state index in [-0.39, 0.29) is 17.6 Å². The summed E-state index contributed by atoms with van der Waals surface area (Å²) in [6, 6.07) is 5.01. The van der Waals surface area contributed by atoms with E-state index < -0.39 is 0 Å². The van der Waals surface area contributed by atoms with Crippen LogP contribution in [0.4, 0.5) is 5.82 Å². The molecule has 2 atom stereocenters. The molecule has 0 aliphatic carbocycles. The van der Waals surface area contributed by atoms with Gasteiger partial charge < -0.3 is 14.6 Å². The highest BCUT2D eigenvalue weighted by Gasteiger charge is 2.32. The second kappa shape index (κ2) is 5.96. The van der Waals surface area contributed by atoms with Gasteiger partial charge in [-0.25, -0.2) is 14.6 Å². The highest BCUT2D eigenvalue weighted by molar-refractivity contribution is 5.87. The van der Waals surface area contributed by atoms with Crippen molar-refractivity contribution < 1.29 is 4.74 Å². The summed E-state index contributed by atoms with van der Waals surface area (Å²) >= 11 is 0. The van der Waals surface area contributed by atoms with E-state index in [4.69, 9.17) is 4.74 Å². The first kappa shape index (κ1) is 15.8. The minimum atomic E-state index is -0.182. The average Bonchev–Trinajstić information content (AvgIpc) is 3.15. The molecule has 25 heavy (non-hydrogen) atoms. The quantitative estimate of drug-likeness (QED) is 0.771. The molecule has 0 amide bonds. The van der Waals surface area contributed by atoms with E-state index >= 15 is 0 Å². The number of rotatable bonds is 3. The Morgan fingerprint density at radius 1 is 1.24 bits per heavy atom. The third kappa shape index (κ3) is 2.68. The second-order valence-corrected chi connectivity index (χ2v) is 6.41. The van der Waals surface area contributed by atoms with Gasteiger partial charge in [0.25, 0.3) is 5.56 Å². The third-order valence-electron chi connectivity index (χ3n) is 4.71. The van der Waals surface area contributed by atoms with Gasteiger partial charge in [-0.1, -0.05) is 0 Å². The lowest BCUT2D eigenvalue weighted by Crippen LogP contribution is -2.37. The number of nitrogens with zero attached hydrogens (tertiary/aromatic N) is 5. The molecular formula is C17H20N6O2. The van der Waals surface area contributed by atoms with Crippen LogP contribution in [0, 0.1) is 13.8 Å². The molecule has 0 radical (unpaired) electrons. The van der Waals surface area contributed by atoms with Crippen molar-refractivity contribution >= 4 is 16.9 Å². The number of nitrogens with one attached hydrogen (secondary N) is 1. The summed E-state index contributed by atoms with van der Waals surface area (Å²) in [6.07, 6.45) is 1.55. The summed E-state index contributed by atoms with van der Waals surface area (Å²) in [4.78, 5) is 21.0. The Labute approximate surface area is 144 Å². The molecule has 8 heteroatoms. The van der Waals surface area contributed by atoms with Crippen molar-refractivity contribution in [1.29, 1.82) is 0 Å². The van der Waals surface area contributed by atoms with Crippen LogP contribution in [-0.4, -0.2) is 43.6 Å². The van der Waals surface area contributed by atoms with Crippen LogP contribution in [-0.2, 0) is 11.8 Å². The maximum atomic E-state index is 12.2. The van der Waals surface area contributed by atoms with Gasteiger partial charge >= 0.3 is 0 Å². The molecule has 1 aliphatic rings. The molecule has 0 bridgehead atoms. The maximum absolute atomic E-state index is 12.2. The number of fused-ring (bicyclic) bond motifs is 1. The molecule has 4 heterocycles. The normalized spacial score (nSPS) is 20.3. The minimum absolute atomic E-state index is 0.0969. The van der Waals surface area contributed by atoms with E-state index in [0.29, 0.717) is 13.2 Å². The Morgan fingerprint density at radius 2 is 2.08 bits per heavy atom. The van der Waals surface area contributed by atoms with Crippen LogP contribution in [0.5, 0.6) is 0 Å². The summed E-state index contributed by atoms with van der Waals surface area (Å²) in [5.41, 5.74) is 3.60. The Kier molecular flexibility index (Phi) is 3.76. The number of hydrogen-bond acceptors (Lipinski definition) is 6. The first-order valence-electron chi connectivity index (χ1n) is 8.22. The summed E-state index contributed by atoms with van der Waals surface area (Å²) in [7, 11) is 1.99. The summed E-state index contributed by atoms with van der Waals surface area (Å²) in [5, 5.41) is 7.81. The van der Waals surface area contributed by atoms with Crippen molar-refractivity contribution in [3.8, 4) is 0 Å². The monoisotopic (exact) mass is 340 g/mol. The molecule has 0 saturated carbocycles. The number of anilines is 1. The number of ether oxygens (including phenoxy) is 1. The van der Waals surface area contributed by atoms with Crippen LogP contribution in [0.1, 0.15) is 17.4 Å². The second-order valence-electron chi connectivity index (χ2n) is 6.41. The van der Waals surface area contributed by atoms with Crippen LogP contribution >= 0.6 is 0 Å². The SMILES string of the molecule is Cc1ccc(=O)n(C2COCC2Nc2ncnc3cc(C)n(C)c23)n1. The topological polar surface area (TPSA) is 86.9 Å².